The predicted octanol–water partition coefficient (Wildman–Crippen LogP) is 2.45. The van der Waals surface area contributed by atoms with Crippen LogP contribution in [0.4, 0.5) is 5.69 Å². The molecule has 4 heteroatoms. The molecular weight excluding hydrogens is 250 g/mol. The Hall–Kier alpha value is -1.39. The molecule has 4 nitrogen and oxygen atoms in total. The first-order valence-electron chi connectivity index (χ1n) is 7.22. The van der Waals surface area contributed by atoms with Gasteiger partial charge >= 0.3 is 0 Å². The lowest BCUT2D eigenvalue weighted by atomic mass is 10.0. The Morgan fingerprint density at radius 1 is 1.30 bits per heavy atom. The predicted molar refractivity (Wildman–Crippen MR) is 84.5 cm³/mol. The number of carbonyl (C=O) groups excluding carboxylic acids is 1. The normalized spacial score (nSPS) is 12.8. The van der Waals surface area contributed by atoms with E-state index in [1.807, 2.05) is 31.3 Å². The summed E-state index contributed by atoms with van der Waals surface area (Å²) in [5, 5.41) is 2.94. The maximum absolute atomic E-state index is 12.1. The largest absolute Gasteiger partial charge is 0.326 e. The second-order valence-electron chi connectivity index (χ2n) is 5.80. The van der Waals surface area contributed by atoms with E-state index in [2.05, 4.69) is 31.0 Å². The highest BCUT2D eigenvalue weighted by molar-refractivity contribution is 5.92. The lowest BCUT2D eigenvalue weighted by molar-refractivity contribution is -0.117. The van der Waals surface area contributed by atoms with Crippen molar-refractivity contribution < 1.29 is 4.79 Å². The summed E-state index contributed by atoms with van der Waals surface area (Å²) in [7, 11) is 1.99. The van der Waals surface area contributed by atoms with Crippen molar-refractivity contribution in [3.8, 4) is 0 Å². The molecule has 0 aromatic heterocycles. The Morgan fingerprint density at radius 2 is 1.95 bits per heavy atom. The van der Waals surface area contributed by atoms with Crippen molar-refractivity contribution in [2.24, 2.45) is 11.7 Å². The highest BCUT2D eigenvalue weighted by atomic mass is 16.2. The molecule has 0 aliphatic carbocycles. The Balaban J connectivity index is 2.55. The number of amides is 1. The summed E-state index contributed by atoms with van der Waals surface area (Å²) in [6.07, 6.45) is 1.09. The minimum atomic E-state index is 0.00371. The molecule has 112 valence electrons. The van der Waals surface area contributed by atoms with E-state index in [1.54, 1.807) is 0 Å². The van der Waals surface area contributed by atoms with Crippen LogP contribution in [-0.4, -0.2) is 30.4 Å². The van der Waals surface area contributed by atoms with E-state index >= 15 is 0 Å². The van der Waals surface area contributed by atoms with Crippen molar-refractivity contribution in [1.82, 2.24) is 4.90 Å². The van der Waals surface area contributed by atoms with Crippen LogP contribution in [0.1, 0.15) is 32.8 Å². The highest BCUT2D eigenvalue weighted by Gasteiger charge is 2.14. The van der Waals surface area contributed by atoms with E-state index in [0.29, 0.717) is 25.0 Å². The van der Waals surface area contributed by atoms with Gasteiger partial charge in [0.2, 0.25) is 5.91 Å². The Bertz CT molecular complexity index is 431. The van der Waals surface area contributed by atoms with Gasteiger partial charge in [0.25, 0.3) is 0 Å². The van der Waals surface area contributed by atoms with Crippen LogP contribution in [0.25, 0.3) is 0 Å². The Labute approximate surface area is 122 Å². The van der Waals surface area contributed by atoms with E-state index < -0.39 is 0 Å². The maximum atomic E-state index is 12.1. The van der Waals surface area contributed by atoms with Crippen LogP contribution >= 0.6 is 0 Å². The zero-order valence-corrected chi connectivity index (χ0v) is 13.0. The molecule has 0 heterocycles. The number of nitrogens with zero attached hydrogens (tertiary/aromatic N) is 1. The van der Waals surface area contributed by atoms with Gasteiger partial charge in [-0.15, -0.1) is 0 Å². The monoisotopic (exact) mass is 277 g/mol. The van der Waals surface area contributed by atoms with Gasteiger partial charge in [0, 0.05) is 18.3 Å². The summed E-state index contributed by atoms with van der Waals surface area (Å²) < 4.78 is 0. The SMILES string of the molecule is CC(C)CC(C)N(C)CC(=O)Nc1ccccc1CN. The van der Waals surface area contributed by atoms with Crippen molar-refractivity contribution in [3.63, 3.8) is 0 Å². The molecule has 1 aromatic carbocycles. The molecule has 1 atom stereocenters. The summed E-state index contributed by atoms with van der Waals surface area (Å²) in [6, 6.07) is 8.04. The first-order chi connectivity index (χ1) is 9.43. The fourth-order valence-corrected chi connectivity index (χ4v) is 2.25. The van der Waals surface area contributed by atoms with E-state index in [9.17, 15) is 4.79 Å². The van der Waals surface area contributed by atoms with Crippen LogP contribution < -0.4 is 11.1 Å². The number of nitrogens with two attached hydrogens (primary N) is 1. The number of para-hydroxylation sites is 1. The molecule has 1 amide bonds. The summed E-state index contributed by atoms with van der Waals surface area (Å²) >= 11 is 0. The second kappa shape index (κ2) is 8.02. The molecule has 0 spiro atoms. The van der Waals surface area contributed by atoms with Crippen LogP contribution in [0.2, 0.25) is 0 Å². The summed E-state index contributed by atoms with van der Waals surface area (Å²) in [5.41, 5.74) is 7.44. The summed E-state index contributed by atoms with van der Waals surface area (Å²) in [5.74, 6) is 0.637. The first kappa shape index (κ1) is 16.7. The van der Waals surface area contributed by atoms with E-state index in [0.717, 1.165) is 17.7 Å². The van der Waals surface area contributed by atoms with Crippen LogP contribution in [0.15, 0.2) is 24.3 Å². The Morgan fingerprint density at radius 3 is 2.55 bits per heavy atom. The molecule has 3 N–H and O–H groups in total. The third kappa shape index (κ3) is 5.31. The fourth-order valence-electron chi connectivity index (χ4n) is 2.25. The second-order valence-corrected chi connectivity index (χ2v) is 5.80. The third-order valence-electron chi connectivity index (χ3n) is 3.47. The van der Waals surface area contributed by atoms with Gasteiger partial charge in [-0.1, -0.05) is 32.0 Å². The van der Waals surface area contributed by atoms with E-state index in [4.69, 9.17) is 5.73 Å². The molecule has 0 saturated carbocycles. The van der Waals surface area contributed by atoms with Crippen LogP contribution in [0.3, 0.4) is 0 Å². The van der Waals surface area contributed by atoms with Gasteiger partial charge in [0.1, 0.15) is 0 Å². The molecule has 0 fully saturated rings. The topological polar surface area (TPSA) is 58.4 Å². The van der Waals surface area contributed by atoms with Crippen molar-refractivity contribution in [3.05, 3.63) is 29.8 Å². The molecule has 0 aliphatic rings. The molecule has 1 aromatic rings. The van der Waals surface area contributed by atoms with Crippen molar-refractivity contribution in [2.75, 3.05) is 18.9 Å². The molecule has 0 saturated heterocycles. The van der Waals surface area contributed by atoms with Gasteiger partial charge in [0.15, 0.2) is 0 Å². The van der Waals surface area contributed by atoms with E-state index in [-0.39, 0.29) is 5.91 Å². The number of benzene rings is 1. The van der Waals surface area contributed by atoms with Crippen molar-refractivity contribution in [1.29, 1.82) is 0 Å². The molecule has 0 aliphatic heterocycles. The molecular formula is C16H27N3O. The zero-order chi connectivity index (χ0) is 15.1. The first-order valence-corrected chi connectivity index (χ1v) is 7.22. The molecule has 20 heavy (non-hydrogen) atoms. The summed E-state index contributed by atoms with van der Waals surface area (Å²) in [4.78, 5) is 14.2. The third-order valence-corrected chi connectivity index (χ3v) is 3.47. The average Bonchev–Trinajstić information content (AvgIpc) is 2.38. The quantitative estimate of drug-likeness (QED) is 0.805. The average molecular weight is 277 g/mol. The smallest absolute Gasteiger partial charge is 0.238 e. The molecule has 0 radical (unpaired) electrons. The number of hydrogen-bond acceptors (Lipinski definition) is 3. The van der Waals surface area contributed by atoms with Gasteiger partial charge in [-0.25, -0.2) is 0 Å². The molecule has 1 rings (SSSR count). The number of nitrogens with one attached hydrogen (secondary N) is 1. The number of likely N-dealkylation sites (N-methyl/N-ethyl adjacent to an activating group) is 1. The molecule has 0 bridgehead atoms. The van der Waals surface area contributed by atoms with Crippen LogP contribution in [0, 0.1) is 5.92 Å². The summed E-state index contributed by atoms with van der Waals surface area (Å²) in [6.45, 7) is 7.37. The lowest BCUT2D eigenvalue weighted by Gasteiger charge is -2.25. The molecule has 1 unspecified atom stereocenters. The number of anilines is 1. The van der Waals surface area contributed by atoms with Gasteiger partial charge in [0.05, 0.1) is 6.54 Å². The van der Waals surface area contributed by atoms with Crippen LogP contribution in [0.5, 0.6) is 0 Å². The maximum Gasteiger partial charge on any atom is 0.238 e. The van der Waals surface area contributed by atoms with E-state index in [1.165, 1.54) is 0 Å². The fraction of sp³-hybridized carbons (Fsp3) is 0.562. The highest BCUT2D eigenvalue weighted by Crippen LogP contribution is 2.14. The Kier molecular flexibility index (Phi) is 6.68. The number of rotatable bonds is 7. The van der Waals surface area contributed by atoms with Crippen LogP contribution in [-0.2, 0) is 11.3 Å². The van der Waals surface area contributed by atoms with Gasteiger partial charge in [-0.3, -0.25) is 9.69 Å². The standard InChI is InChI=1S/C16H27N3O/c1-12(2)9-13(3)19(4)11-16(20)18-15-8-6-5-7-14(15)10-17/h5-8,12-13H,9-11,17H2,1-4H3,(H,18,20). The van der Waals surface area contributed by atoms with Gasteiger partial charge in [-0.2, -0.15) is 0 Å². The zero-order valence-electron chi connectivity index (χ0n) is 13.0. The number of hydrogen-bond donors (Lipinski definition) is 2. The van der Waals surface area contributed by atoms with Gasteiger partial charge < -0.3 is 11.1 Å². The minimum Gasteiger partial charge on any atom is -0.326 e. The van der Waals surface area contributed by atoms with Crippen molar-refractivity contribution >= 4 is 11.6 Å². The lowest BCUT2D eigenvalue weighted by Crippen LogP contribution is -2.37. The van der Waals surface area contributed by atoms with Gasteiger partial charge in [-0.05, 0) is 37.9 Å². The minimum absolute atomic E-state index is 0.00371. The number of carbonyl (C=O) groups is 1. The van der Waals surface area contributed by atoms with Crippen molar-refractivity contribution in [2.45, 2.75) is 39.8 Å².